The van der Waals surface area contributed by atoms with Crippen molar-refractivity contribution >= 4 is 39.9 Å². The fourth-order valence-corrected chi connectivity index (χ4v) is 2.87. The molecule has 0 aliphatic rings. The molecule has 0 bridgehead atoms. The van der Waals surface area contributed by atoms with Gasteiger partial charge in [0.2, 0.25) is 5.13 Å². The number of urea groups is 1. The minimum atomic E-state index is -0.314. The monoisotopic (exact) mass is 280 g/mol. The van der Waals surface area contributed by atoms with Gasteiger partial charge in [-0.15, -0.1) is 10.2 Å². The fraction of sp³-hybridized carbons (Fsp3) is 0.182. The molecule has 2 aromatic rings. The topological polar surface area (TPSA) is 66.9 Å². The quantitative estimate of drug-likeness (QED) is 0.666. The Kier molecular flexibility index (Phi) is 4.54. The van der Waals surface area contributed by atoms with E-state index in [2.05, 4.69) is 20.8 Å². The molecule has 0 aliphatic carbocycles. The van der Waals surface area contributed by atoms with Gasteiger partial charge >= 0.3 is 6.03 Å². The summed E-state index contributed by atoms with van der Waals surface area (Å²) in [6.45, 7) is 2.04. The van der Waals surface area contributed by atoms with Crippen LogP contribution >= 0.6 is 23.1 Å². The highest BCUT2D eigenvalue weighted by Crippen LogP contribution is 2.24. The maximum absolute atomic E-state index is 11.7. The number of thioether (sulfide) groups is 1. The number of para-hydroxylation sites is 1. The van der Waals surface area contributed by atoms with Crippen molar-refractivity contribution in [1.82, 2.24) is 10.2 Å². The molecule has 1 aromatic carbocycles. The number of carbonyl (C=O) groups excluding carboxylic acids is 1. The Morgan fingerprint density at radius 1 is 1.28 bits per heavy atom. The van der Waals surface area contributed by atoms with Crippen molar-refractivity contribution in [1.29, 1.82) is 0 Å². The summed E-state index contributed by atoms with van der Waals surface area (Å²) in [5.41, 5.74) is 0.739. The van der Waals surface area contributed by atoms with Crippen molar-refractivity contribution in [3.63, 3.8) is 0 Å². The Morgan fingerprint density at radius 3 is 2.78 bits per heavy atom. The van der Waals surface area contributed by atoms with Crippen molar-refractivity contribution in [3.8, 4) is 0 Å². The van der Waals surface area contributed by atoms with E-state index in [9.17, 15) is 4.79 Å². The molecule has 5 nitrogen and oxygen atoms in total. The Hall–Kier alpha value is -1.60. The number of hydrogen-bond acceptors (Lipinski definition) is 5. The van der Waals surface area contributed by atoms with Crippen LogP contribution in [0.1, 0.15) is 6.92 Å². The van der Waals surface area contributed by atoms with Gasteiger partial charge in [-0.05, 0) is 17.9 Å². The smallest absolute Gasteiger partial charge is 0.308 e. The molecule has 7 heteroatoms. The van der Waals surface area contributed by atoms with Crippen LogP contribution in [0.3, 0.4) is 0 Å². The van der Waals surface area contributed by atoms with Crippen LogP contribution < -0.4 is 10.6 Å². The summed E-state index contributed by atoms with van der Waals surface area (Å²) in [6, 6.07) is 8.93. The number of carbonyl (C=O) groups is 1. The molecular weight excluding hydrogens is 268 g/mol. The van der Waals surface area contributed by atoms with Gasteiger partial charge in [0.25, 0.3) is 0 Å². The van der Waals surface area contributed by atoms with Crippen molar-refractivity contribution in [2.24, 2.45) is 0 Å². The summed E-state index contributed by atoms with van der Waals surface area (Å²) in [6.07, 6.45) is 0. The van der Waals surface area contributed by atoms with Gasteiger partial charge in [-0.3, -0.25) is 5.32 Å². The molecule has 1 heterocycles. The van der Waals surface area contributed by atoms with E-state index in [0.29, 0.717) is 5.13 Å². The molecular formula is C11H12N4OS2. The normalized spacial score (nSPS) is 10.1. The summed E-state index contributed by atoms with van der Waals surface area (Å²) in [4.78, 5) is 11.7. The Morgan fingerprint density at radius 2 is 2.06 bits per heavy atom. The van der Waals surface area contributed by atoms with Crippen LogP contribution in [-0.4, -0.2) is 22.0 Å². The Bertz CT molecular complexity index is 515. The first-order chi connectivity index (χ1) is 8.78. The van der Waals surface area contributed by atoms with Gasteiger partial charge in [-0.1, -0.05) is 48.2 Å². The molecule has 0 atom stereocenters. The number of aromatic nitrogens is 2. The van der Waals surface area contributed by atoms with Crippen LogP contribution in [0.15, 0.2) is 34.7 Å². The van der Waals surface area contributed by atoms with E-state index in [-0.39, 0.29) is 6.03 Å². The predicted octanol–water partition coefficient (Wildman–Crippen LogP) is 3.29. The van der Waals surface area contributed by atoms with Crippen LogP contribution in [-0.2, 0) is 0 Å². The lowest BCUT2D eigenvalue weighted by atomic mass is 10.3. The molecule has 0 spiro atoms. The average Bonchev–Trinajstić information content (AvgIpc) is 2.78. The van der Waals surface area contributed by atoms with Gasteiger partial charge in [-0.25, -0.2) is 4.79 Å². The summed E-state index contributed by atoms with van der Waals surface area (Å²) in [5.74, 6) is 0.935. The number of rotatable bonds is 4. The molecule has 0 radical (unpaired) electrons. The number of hydrogen-bond donors (Lipinski definition) is 2. The van der Waals surface area contributed by atoms with Crippen molar-refractivity contribution in [3.05, 3.63) is 30.3 Å². The van der Waals surface area contributed by atoms with Gasteiger partial charge in [0, 0.05) is 5.69 Å². The van der Waals surface area contributed by atoms with E-state index < -0.39 is 0 Å². The highest BCUT2D eigenvalue weighted by Gasteiger charge is 2.07. The lowest BCUT2D eigenvalue weighted by molar-refractivity contribution is 0.262. The number of anilines is 2. The summed E-state index contributed by atoms with van der Waals surface area (Å²) in [7, 11) is 0. The molecule has 94 valence electrons. The van der Waals surface area contributed by atoms with Crippen LogP contribution in [0.4, 0.5) is 15.6 Å². The maximum Gasteiger partial charge on any atom is 0.325 e. The second-order valence-corrected chi connectivity index (χ2v) is 5.74. The summed E-state index contributed by atoms with van der Waals surface area (Å²) >= 11 is 2.97. The molecule has 1 aromatic heterocycles. The van der Waals surface area contributed by atoms with Crippen LogP contribution in [0.2, 0.25) is 0 Å². The molecule has 18 heavy (non-hydrogen) atoms. The molecule has 0 aliphatic heterocycles. The van der Waals surface area contributed by atoms with Crippen molar-refractivity contribution < 1.29 is 4.79 Å². The van der Waals surface area contributed by atoms with E-state index in [1.165, 1.54) is 11.3 Å². The lowest BCUT2D eigenvalue weighted by Gasteiger charge is -2.03. The Labute approximate surface area is 113 Å². The standard InChI is InChI=1S/C11H12N4OS2/c1-2-17-11-15-14-10(18-11)13-9(16)12-8-6-4-3-5-7-8/h3-7H,2H2,1H3,(H2,12,13,14,16). The fourth-order valence-electron chi connectivity index (χ4n) is 1.22. The second-order valence-electron chi connectivity index (χ2n) is 3.25. The number of nitrogens with one attached hydrogen (secondary N) is 2. The number of nitrogens with zero attached hydrogens (tertiary/aromatic N) is 2. The zero-order valence-corrected chi connectivity index (χ0v) is 11.3. The third kappa shape index (κ3) is 3.71. The zero-order valence-electron chi connectivity index (χ0n) is 9.71. The van der Waals surface area contributed by atoms with Gasteiger partial charge in [0.05, 0.1) is 0 Å². The molecule has 0 saturated heterocycles. The number of amides is 2. The lowest BCUT2D eigenvalue weighted by Crippen LogP contribution is -2.19. The van der Waals surface area contributed by atoms with Gasteiger partial charge in [0.1, 0.15) is 0 Å². The van der Waals surface area contributed by atoms with E-state index in [1.807, 2.05) is 37.3 Å². The average molecular weight is 280 g/mol. The van der Waals surface area contributed by atoms with Gasteiger partial charge in [0.15, 0.2) is 4.34 Å². The highest BCUT2D eigenvalue weighted by atomic mass is 32.2. The van der Waals surface area contributed by atoms with Crippen molar-refractivity contribution in [2.75, 3.05) is 16.4 Å². The number of benzene rings is 1. The van der Waals surface area contributed by atoms with E-state index in [1.54, 1.807) is 11.8 Å². The highest BCUT2D eigenvalue weighted by molar-refractivity contribution is 8.01. The molecule has 2 rings (SSSR count). The van der Waals surface area contributed by atoms with E-state index in [4.69, 9.17) is 0 Å². The molecule has 0 unspecified atom stereocenters. The molecule has 0 fully saturated rings. The minimum absolute atomic E-state index is 0.314. The molecule has 2 N–H and O–H groups in total. The third-order valence-electron chi connectivity index (χ3n) is 1.93. The van der Waals surface area contributed by atoms with Crippen LogP contribution in [0, 0.1) is 0 Å². The largest absolute Gasteiger partial charge is 0.325 e. The zero-order chi connectivity index (χ0) is 12.8. The predicted molar refractivity (Wildman–Crippen MR) is 75.4 cm³/mol. The van der Waals surface area contributed by atoms with E-state index >= 15 is 0 Å². The summed E-state index contributed by atoms with van der Waals surface area (Å²) < 4.78 is 0.854. The first-order valence-corrected chi connectivity index (χ1v) is 7.17. The minimum Gasteiger partial charge on any atom is -0.308 e. The molecule has 2 amide bonds. The maximum atomic E-state index is 11.7. The van der Waals surface area contributed by atoms with Crippen molar-refractivity contribution in [2.45, 2.75) is 11.3 Å². The first kappa shape index (κ1) is 12.8. The van der Waals surface area contributed by atoms with Crippen LogP contribution in [0.25, 0.3) is 0 Å². The van der Waals surface area contributed by atoms with E-state index in [0.717, 1.165) is 15.8 Å². The summed E-state index contributed by atoms with van der Waals surface area (Å²) in [5, 5.41) is 13.7. The first-order valence-electron chi connectivity index (χ1n) is 5.37. The third-order valence-corrected chi connectivity index (χ3v) is 3.78. The molecule has 0 saturated carbocycles. The Balaban J connectivity index is 1.90. The van der Waals surface area contributed by atoms with Crippen LogP contribution in [0.5, 0.6) is 0 Å². The van der Waals surface area contributed by atoms with Gasteiger partial charge in [-0.2, -0.15) is 0 Å². The second kappa shape index (κ2) is 6.36. The SMILES string of the molecule is CCSc1nnc(NC(=O)Nc2ccccc2)s1. The van der Waals surface area contributed by atoms with Gasteiger partial charge < -0.3 is 5.32 Å².